The maximum Gasteiger partial charge on any atom is 0.343 e. The maximum absolute atomic E-state index is 12.7. The van der Waals surface area contributed by atoms with Gasteiger partial charge in [-0.15, -0.1) is 0 Å². The first-order valence-electron chi connectivity index (χ1n) is 10.9. The zero-order chi connectivity index (χ0) is 24.4. The summed E-state index contributed by atoms with van der Waals surface area (Å²) in [6.45, 7) is 3.14. The van der Waals surface area contributed by atoms with Crippen LogP contribution in [0.25, 0.3) is 0 Å². The van der Waals surface area contributed by atoms with E-state index in [0.717, 1.165) is 26.2 Å². The van der Waals surface area contributed by atoms with Crippen LogP contribution in [-0.4, -0.2) is 75.3 Å². The molecule has 0 saturated carbocycles. The number of hydrogen-bond donors (Lipinski definition) is 2. The predicted molar refractivity (Wildman–Crippen MR) is 124 cm³/mol. The van der Waals surface area contributed by atoms with Gasteiger partial charge in [0, 0.05) is 37.4 Å². The number of esters is 1. The number of amides is 1. The molecular formula is C24H27N3O7. The molecule has 1 atom stereocenters. The third-order valence-corrected chi connectivity index (χ3v) is 6.10. The second kappa shape index (κ2) is 9.60. The van der Waals surface area contributed by atoms with Gasteiger partial charge < -0.3 is 34.4 Å². The Bertz CT molecular complexity index is 1130. The first-order valence-corrected chi connectivity index (χ1v) is 10.9. The summed E-state index contributed by atoms with van der Waals surface area (Å²) >= 11 is 0. The number of carbonyl (C=O) groups excluding carboxylic acids is 2. The van der Waals surface area contributed by atoms with Gasteiger partial charge in [-0.05, 0) is 31.3 Å². The SMILES string of the molecule is COc1ccc2c(c1OC)C(=O)OC2CC(=O)Nc1ccc(N2CCN(C)CC2)c(C(=O)O)c1. The number of carboxylic acid groups (broad SMARTS) is 1. The summed E-state index contributed by atoms with van der Waals surface area (Å²) in [5.74, 6) is -1.41. The molecule has 2 N–H and O–H groups in total. The first kappa shape index (κ1) is 23.4. The molecule has 2 heterocycles. The van der Waals surface area contributed by atoms with Gasteiger partial charge in [-0.25, -0.2) is 9.59 Å². The quantitative estimate of drug-likeness (QED) is 0.590. The van der Waals surface area contributed by atoms with Gasteiger partial charge in [0.2, 0.25) is 5.91 Å². The number of carboxylic acids is 1. The number of anilines is 2. The molecule has 180 valence electrons. The lowest BCUT2D eigenvalue weighted by Crippen LogP contribution is -2.45. The van der Waals surface area contributed by atoms with Crippen molar-refractivity contribution in [2.24, 2.45) is 0 Å². The number of fused-ring (bicyclic) bond motifs is 1. The van der Waals surface area contributed by atoms with E-state index in [0.29, 0.717) is 22.7 Å². The molecule has 1 unspecified atom stereocenters. The van der Waals surface area contributed by atoms with Crippen LogP contribution in [0.15, 0.2) is 30.3 Å². The van der Waals surface area contributed by atoms with Crippen LogP contribution < -0.4 is 19.7 Å². The summed E-state index contributed by atoms with van der Waals surface area (Å²) in [7, 11) is 4.92. The summed E-state index contributed by atoms with van der Waals surface area (Å²) in [5, 5.41) is 12.5. The van der Waals surface area contributed by atoms with E-state index in [9.17, 15) is 19.5 Å². The Morgan fingerprint density at radius 2 is 1.85 bits per heavy atom. The van der Waals surface area contributed by atoms with Crippen LogP contribution in [0.4, 0.5) is 11.4 Å². The number of ether oxygens (including phenoxy) is 3. The van der Waals surface area contributed by atoms with E-state index in [1.807, 2.05) is 11.9 Å². The lowest BCUT2D eigenvalue weighted by atomic mass is 10.0. The van der Waals surface area contributed by atoms with Gasteiger partial charge >= 0.3 is 11.9 Å². The highest BCUT2D eigenvalue weighted by atomic mass is 16.6. The van der Waals surface area contributed by atoms with Crippen LogP contribution in [0.1, 0.15) is 38.8 Å². The number of aromatic carboxylic acids is 1. The van der Waals surface area contributed by atoms with Crippen molar-refractivity contribution >= 4 is 29.2 Å². The zero-order valence-corrected chi connectivity index (χ0v) is 19.3. The van der Waals surface area contributed by atoms with E-state index < -0.39 is 23.9 Å². The molecule has 0 bridgehead atoms. The molecular weight excluding hydrogens is 442 g/mol. The maximum atomic E-state index is 12.7. The highest BCUT2D eigenvalue weighted by molar-refractivity contribution is 6.00. The molecule has 2 aromatic rings. The molecule has 2 aliphatic heterocycles. The topological polar surface area (TPSA) is 118 Å². The zero-order valence-electron chi connectivity index (χ0n) is 19.3. The van der Waals surface area contributed by atoms with Crippen LogP contribution in [0, 0.1) is 0 Å². The third kappa shape index (κ3) is 4.49. The van der Waals surface area contributed by atoms with Crippen LogP contribution in [0.3, 0.4) is 0 Å². The summed E-state index contributed by atoms with van der Waals surface area (Å²) < 4.78 is 16.0. The molecule has 0 aliphatic carbocycles. The summed E-state index contributed by atoms with van der Waals surface area (Å²) in [4.78, 5) is 41.3. The molecule has 0 aromatic heterocycles. The van der Waals surface area contributed by atoms with Crippen molar-refractivity contribution in [2.45, 2.75) is 12.5 Å². The number of rotatable bonds is 7. The molecule has 10 heteroatoms. The molecule has 2 aromatic carbocycles. The Morgan fingerprint density at radius 3 is 2.50 bits per heavy atom. The number of piperazine rings is 1. The van der Waals surface area contributed by atoms with E-state index in [4.69, 9.17) is 14.2 Å². The number of hydrogen-bond acceptors (Lipinski definition) is 8. The number of benzene rings is 2. The normalized spacial score (nSPS) is 17.7. The Kier molecular flexibility index (Phi) is 6.60. The Labute approximate surface area is 197 Å². The van der Waals surface area contributed by atoms with E-state index in [1.165, 1.54) is 20.3 Å². The van der Waals surface area contributed by atoms with Crippen molar-refractivity contribution in [3.05, 3.63) is 47.0 Å². The minimum absolute atomic E-state index is 0.122. The molecule has 1 fully saturated rings. The van der Waals surface area contributed by atoms with Gasteiger partial charge in [-0.2, -0.15) is 0 Å². The smallest absolute Gasteiger partial charge is 0.343 e. The Morgan fingerprint density at radius 1 is 1.12 bits per heavy atom. The van der Waals surface area contributed by atoms with Crippen molar-refractivity contribution in [1.82, 2.24) is 4.90 Å². The van der Waals surface area contributed by atoms with Crippen molar-refractivity contribution in [1.29, 1.82) is 0 Å². The average molecular weight is 469 g/mol. The van der Waals surface area contributed by atoms with Crippen LogP contribution in [0.2, 0.25) is 0 Å². The van der Waals surface area contributed by atoms with E-state index in [-0.39, 0.29) is 23.3 Å². The molecule has 0 radical (unpaired) electrons. The van der Waals surface area contributed by atoms with Gasteiger partial charge in [0.1, 0.15) is 11.7 Å². The lowest BCUT2D eigenvalue weighted by molar-refractivity contribution is -0.118. The second-order valence-corrected chi connectivity index (χ2v) is 8.24. The van der Waals surface area contributed by atoms with Crippen molar-refractivity contribution < 1.29 is 33.7 Å². The minimum atomic E-state index is -1.07. The molecule has 34 heavy (non-hydrogen) atoms. The predicted octanol–water partition coefficient (Wildman–Crippen LogP) is 2.39. The molecule has 10 nitrogen and oxygen atoms in total. The molecule has 1 amide bonds. The largest absolute Gasteiger partial charge is 0.493 e. The monoisotopic (exact) mass is 469 g/mol. The fraction of sp³-hybridized carbons (Fsp3) is 0.375. The lowest BCUT2D eigenvalue weighted by Gasteiger charge is -2.34. The number of carbonyl (C=O) groups is 3. The third-order valence-electron chi connectivity index (χ3n) is 6.10. The Hall–Kier alpha value is -3.79. The average Bonchev–Trinajstić information content (AvgIpc) is 3.13. The van der Waals surface area contributed by atoms with E-state index >= 15 is 0 Å². The summed E-state index contributed by atoms with van der Waals surface area (Å²) in [5.41, 5.74) is 1.88. The molecule has 0 spiro atoms. The van der Waals surface area contributed by atoms with Gasteiger partial charge in [0.15, 0.2) is 11.5 Å². The van der Waals surface area contributed by atoms with Crippen LogP contribution in [-0.2, 0) is 9.53 Å². The van der Waals surface area contributed by atoms with E-state index in [1.54, 1.807) is 24.3 Å². The van der Waals surface area contributed by atoms with Gasteiger partial charge in [0.25, 0.3) is 0 Å². The summed E-state index contributed by atoms with van der Waals surface area (Å²) in [6.07, 6.45) is -0.914. The Balaban J connectivity index is 1.50. The van der Waals surface area contributed by atoms with Crippen molar-refractivity contribution in [2.75, 3.05) is 57.7 Å². The highest BCUT2D eigenvalue weighted by Crippen LogP contribution is 2.43. The van der Waals surface area contributed by atoms with Crippen molar-refractivity contribution in [3.63, 3.8) is 0 Å². The molecule has 1 saturated heterocycles. The number of nitrogens with zero attached hydrogens (tertiary/aromatic N) is 2. The highest BCUT2D eigenvalue weighted by Gasteiger charge is 2.37. The number of nitrogens with one attached hydrogen (secondary N) is 1. The van der Waals surface area contributed by atoms with Gasteiger partial charge in [0.05, 0.1) is 31.9 Å². The minimum Gasteiger partial charge on any atom is -0.493 e. The fourth-order valence-electron chi connectivity index (χ4n) is 4.31. The van der Waals surface area contributed by atoms with E-state index in [2.05, 4.69) is 10.2 Å². The van der Waals surface area contributed by atoms with Gasteiger partial charge in [-0.3, -0.25) is 4.79 Å². The van der Waals surface area contributed by atoms with Gasteiger partial charge in [-0.1, -0.05) is 6.07 Å². The fourth-order valence-corrected chi connectivity index (χ4v) is 4.31. The van der Waals surface area contributed by atoms with Crippen LogP contribution >= 0.6 is 0 Å². The first-order chi connectivity index (χ1) is 16.3. The standard InChI is InChI=1S/C24H27N3O7/c1-26-8-10-27(11-9-26)17-6-4-14(12-16(17)23(29)30)25-20(28)13-19-15-5-7-18(32-2)22(33-3)21(15)24(31)34-19/h4-7,12,19H,8-11,13H2,1-3H3,(H,25,28)(H,29,30). The number of likely N-dealkylation sites (N-methyl/N-ethyl adjacent to an activating group) is 1. The molecule has 2 aliphatic rings. The summed E-state index contributed by atoms with van der Waals surface area (Å²) in [6, 6.07) is 8.18. The second-order valence-electron chi connectivity index (χ2n) is 8.24. The molecule has 4 rings (SSSR count). The van der Waals surface area contributed by atoms with Crippen molar-refractivity contribution in [3.8, 4) is 11.5 Å². The van der Waals surface area contributed by atoms with Crippen LogP contribution in [0.5, 0.6) is 11.5 Å². The number of cyclic esters (lactones) is 1. The number of methoxy groups -OCH3 is 2.